The van der Waals surface area contributed by atoms with Crippen molar-refractivity contribution in [1.82, 2.24) is 0 Å². The highest BCUT2D eigenvalue weighted by molar-refractivity contribution is 7.99. The Morgan fingerprint density at radius 3 is 2.59 bits per heavy atom. The third-order valence-corrected chi connectivity index (χ3v) is 3.35. The lowest BCUT2D eigenvalue weighted by Crippen LogP contribution is -1.92. The van der Waals surface area contributed by atoms with Crippen molar-refractivity contribution in [2.75, 3.05) is 5.94 Å². The molecule has 0 heterocycles. The van der Waals surface area contributed by atoms with E-state index >= 15 is 0 Å². The minimum atomic E-state index is 0.602. The Balaban J connectivity index is 1.85. The molecule has 2 rings (SSSR count). The van der Waals surface area contributed by atoms with Gasteiger partial charge in [-0.3, -0.25) is 0 Å². The lowest BCUT2D eigenvalue weighted by atomic mass is 10.2. The van der Waals surface area contributed by atoms with E-state index in [-0.39, 0.29) is 0 Å². The third kappa shape index (κ3) is 3.99. The molecule has 0 fully saturated rings. The Bertz CT molecular complexity index is 482. The van der Waals surface area contributed by atoms with Gasteiger partial charge in [0.1, 0.15) is 11.7 Å². The minimum absolute atomic E-state index is 0.602. The maximum Gasteiger partial charge on any atom is 0.138 e. The van der Waals surface area contributed by atoms with Gasteiger partial charge >= 0.3 is 0 Å². The smallest absolute Gasteiger partial charge is 0.138 e. The molecule has 1 nitrogen and oxygen atoms in total. The van der Waals surface area contributed by atoms with E-state index in [4.69, 9.17) is 16.3 Å². The molecule has 0 aliphatic heterocycles. The van der Waals surface area contributed by atoms with E-state index in [1.165, 1.54) is 5.56 Å². The molecule has 0 bridgehead atoms. The molecule has 0 aliphatic rings. The summed E-state index contributed by atoms with van der Waals surface area (Å²) in [6.07, 6.45) is 0. The highest BCUT2D eigenvalue weighted by Crippen LogP contribution is 2.22. The van der Waals surface area contributed by atoms with Gasteiger partial charge in [-0.1, -0.05) is 35.5 Å². The van der Waals surface area contributed by atoms with Crippen LogP contribution in [0.4, 0.5) is 0 Å². The van der Waals surface area contributed by atoms with Crippen LogP contribution in [0.3, 0.4) is 0 Å². The van der Waals surface area contributed by atoms with Crippen molar-refractivity contribution >= 4 is 23.4 Å². The van der Waals surface area contributed by atoms with E-state index < -0.39 is 0 Å². The first-order chi connectivity index (χ1) is 8.24. The summed E-state index contributed by atoms with van der Waals surface area (Å²) in [5, 5.41) is 0.758. The lowest BCUT2D eigenvalue weighted by Gasteiger charge is -2.06. The van der Waals surface area contributed by atoms with Crippen molar-refractivity contribution in [1.29, 1.82) is 0 Å². The van der Waals surface area contributed by atoms with Crippen LogP contribution >= 0.6 is 23.4 Å². The first-order valence-electron chi connectivity index (χ1n) is 5.32. The van der Waals surface area contributed by atoms with Gasteiger partial charge in [0, 0.05) is 9.92 Å². The van der Waals surface area contributed by atoms with Crippen LogP contribution in [0.5, 0.6) is 5.75 Å². The topological polar surface area (TPSA) is 9.23 Å². The van der Waals surface area contributed by atoms with Crippen LogP contribution in [0, 0.1) is 6.92 Å². The summed E-state index contributed by atoms with van der Waals surface area (Å²) in [6, 6.07) is 15.8. The molecule has 0 saturated heterocycles. The van der Waals surface area contributed by atoms with Crippen molar-refractivity contribution in [3.63, 3.8) is 0 Å². The van der Waals surface area contributed by atoms with Gasteiger partial charge in [-0.05, 0) is 48.9 Å². The summed E-state index contributed by atoms with van der Waals surface area (Å²) in [7, 11) is 0. The van der Waals surface area contributed by atoms with Gasteiger partial charge in [-0.15, -0.1) is 0 Å². The van der Waals surface area contributed by atoms with E-state index in [0.29, 0.717) is 5.94 Å². The van der Waals surface area contributed by atoms with Gasteiger partial charge in [-0.2, -0.15) is 0 Å². The summed E-state index contributed by atoms with van der Waals surface area (Å²) >= 11 is 7.47. The molecular formula is C14H13ClOS. The number of thioether (sulfide) groups is 1. The predicted octanol–water partition coefficient (Wildman–Crippen LogP) is 4.78. The zero-order chi connectivity index (χ0) is 12.1. The fourth-order valence-electron chi connectivity index (χ4n) is 1.40. The molecule has 17 heavy (non-hydrogen) atoms. The average Bonchev–Trinajstić information content (AvgIpc) is 2.32. The molecule has 0 amide bonds. The number of hydrogen-bond acceptors (Lipinski definition) is 2. The highest BCUT2D eigenvalue weighted by atomic mass is 35.5. The Kier molecular flexibility index (Phi) is 4.35. The predicted molar refractivity (Wildman–Crippen MR) is 74.0 cm³/mol. The van der Waals surface area contributed by atoms with Crippen LogP contribution in [0.1, 0.15) is 5.56 Å². The van der Waals surface area contributed by atoms with Crippen LogP contribution in [0.25, 0.3) is 0 Å². The Morgan fingerprint density at radius 1 is 1.12 bits per heavy atom. The second kappa shape index (κ2) is 5.99. The second-order valence-electron chi connectivity index (χ2n) is 3.68. The molecule has 0 aliphatic carbocycles. The van der Waals surface area contributed by atoms with Crippen LogP contribution in [0.15, 0.2) is 53.4 Å². The van der Waals surface area contributed by atoms with E-state index in [2.05, 4.69) is 13.0 Å². The quantitative estimate of drug-likeness (QED) is 0.581. The number of rotatable bonds is 4. The molecule has 0 radical (unpaired) electrons. The fourth-order valence-corrected chi connectivity index (χ4v) is 2.19. The molecule has 3 heteroatoms. The Morgan fingerprint density at radius 2 is 1.88 bits per heavy atom. The molecule has 88 valence electrons. The van der Waals surface area contributed by atoms with E-state index in [1.807, 2.05) is 42.5 Å². The number of aryl methyl sites for hydroxylation is 1. The molecule has 2 aromatic rings. The van der Waals surface area contributed by atoms with Gasteiger partial charge in [-0.25, -0.2) is 0 Å². The number of ether oxygens (including phenoxy) is 1. The zero-order valence-electron chi connectivity index (χ0n) is 9.52. The van der Waals surface area contributed by atoms with Crippen LogP contribution in [-0.2, 0) is 0 Å². The molecule has 0 N–H and O–H groups in total. The van der Waals surface area contributed by atoms with Crippen LogP contribution in [0.2, 0.25) is 5.02 Å². The molecule has 0 spiro atoms. The molecule has 0 atom stereocenters. The molecule has 0 aromatic heterocycles. The fraction of sp³-hybridized carbons (Fsp3) is 0.143. The third-order valence-electron chi connectivity index (χ3n) is 2.25. The maximum atomic E-state index is 5.82. The first-order valence-corrected chi connectivity index (χ1v) is 6.68. The van der Waals surface area contributed by atoms with Crippen molar-refractivity contribution in [3.8, 4) is 5.75 Å². The summed E-state index contributed by atoms with van der Waals surface area (Å²) in [6.45, 7) is 2.05. The number of benzene rings is 2. The van der Waals surface area contributed by atoms with Gasteiger partial charge < -0.3 is 4.74 Å². The van der Waals surface area contributed by atoms with Crippen molar-refractivity contribution in [2.45, 2.75) is 11.8 Å². The molecule has 0 unspecified atom stereocenters. The standard InChI is InChI=1S/C14H13ClOS/c1-11-3-2-4-13(9-11)16-10-17-14-7-5-12(15)6-8-14/h2-9H,10H2,1H3. The van der Waals surface area contributed by atoms with Gasteiger partial charge in [0.15, 0.2) is 0 Å². The van der Waals surface area contributed by atoms with Gasteiger partial charge in [0.2, 0.25) is 0 Å². The SMILES string of the molecule is Cc1cccc(OCSc2ccc(Cl)cc2)c1. The normalized spacial score (nSPS) is 10.2. The van der Waals surface area contributed by atoms with Crippen molar-refractivity contribution < 1.29 is 4.74 Å². The average molecular weight is 265 g/mol. The van der Waals surface area contributed by atoms with E-state index in [1.54, 1.807) is 11.8 Å². The second-order valence-corrected chi connectivity index (χ2v) is 5.11. The van der Waals surface area contributed by atoms with Crippen LogP contribution in [-0.4, -0.2) is 5.94 Å². The first kappa shape index (κ1) is 12.3. The molecule has 0 saturated carbocycles. The summed E-state index contributed by atoms with van der Waals surface area (Å²) in [5.41, 5.74) is 1.21. The summed E-state index contributed by atoms with van der Waals surface area (Å²) in [4.78, 5) is 1.15. The largest absolute Gasteiger partial charge is 0.483 e. The van der Waals surface area contributed by atoms with Gasteiger partial charge in [0.25, 0.3) is 0 Å². The molecule has 2 aromatic carbocycles. The lowest BCUT2D eigenvalue weighted by molar-refractivity contribution is 0.392. The highest BCUT2D eigenvalue weighted by Gasteiger charge is 1.96. The Labute approximate surface area is 111 Å². The van der Waals surface area contributed by atoms with E-state index in [0.717, 1.165) is 15.7 Å². The number of halogens is 1. The molecular weight excluding hydrogens is 252 g/mol. The van der Waals surface area contributed by atoms with Crippen molar-refractivity contribution in [2.24, 2.45) is 0 Å². The monoisotopic (exact) mass is 264 g/mol. The van der Waals surface area contributed by atoms with Crippen LogP contribution < -0.4 is 4.74 Å². The van der Waals surface area contributed by atoms with Crippen molar-refractivity contribution in [3.05, 3.63) is 59.1 Å². The minimum Gasteiger partial charge on any atom is -0.483 e. The van der Waals surface area contributed by atoms with Gasteiger partial charge in [0.05, 0.1) is 0 Å². The summed E-state index contributed by atoms with van der Waals surface area (Å²) in [5.74, 6) is 1.51. The van der Waals surface area contributed by atoms with E-state index in [9.17, 15) is 0 Å². The summed E-state index contributed by atoms with van der Waals surface area (Å²) < 4.78 is 5.65. The zero-order valence-corrected chi connectivity index (χ0v) is 11.1. The number of hydrogen-bond donors (Lipinski definition) is 0. The Hall–Kier alpha value is -1.12. The maximum absolute atomic E-state index is 5.82.